The van der Waals surface area contributed by atoms with E-state index < -0.39 is 0 Å². The molecule has 3 nitrogen and oxygen atoms in total. The van der Waals surface area contributed by atoms with Crippen LogP contribution >= 0.6 is 23.2 Å². The van der Waals surface area contributed by atoms with Gasteiger partial charge in [-0.3, -0.25) is 0 Å². The fourth-order valence-corrected chi connectivity index (χ4v) is 2.68. The van der Waals surface area contributed by atoms with E-state index in [4.69, 9.17) is 23.2 Å². The fourth-order valence-electron chi connectivity index (χ4n) is 2.31. The van der Waals surface area contributed by atoms with Crippen LogP contribution in [0.5, 0.6) is 5.75 Å². The maximum Gasteiger partial charge on any atom is 0.152 e. The van der Waals surface area contributed by atoms with Crippen molar-refractivity contribution in [2.24, 2.45) is 0 Å². The van der Waals surface area contributed by atoms with Crippen LogP contribution in [-0.4, -0.2) is 15.1 Å². The average molecular weight is 331 g/mol. The zero-order valence-corrected chi connectivity index (χ0v) is 13.0. The van der Waals surface area contributed by atoms with E-state index in [9.17, 15) is 5.11 Å². The van der Waals surface area contributed by atoms with Crippen LogP contribution in [0.1, 0.15) is 22.9 Å². The summed E-state index contributed by atoms with van der Waals surface area (Å²) in [4.78, 5) is 8.48. The maximum absolute atomic E-state index is 9.40. The first kappa shape index (κ1) is 14.8. The van der Waals surface area contributed by atoms with E-state index in [1.54, 1.807) is 0 Å². The van der Waals surface area contributed by atoms with Gasteiger partial charge in [-0.1, -0.05) is 53.5 Å². The molecule has 1 aromatic heterocycles. The summed E-state index contributed by atoms with van der Waals surface area (Å²) < 4.78 is 0. The third-order valence-electron chi connectivity index (χ3n) is 3.34. The van der Waals surface area contributed by atoms with Crippen LogP contribution in [0.2, 0.25) is 10.0 Å². The van der Waals surface area contributed by atoms with Crippen molar-refractivity contribution in [2.45, 2.75) is 5.92 Å². The minimum atomic E-state index is -0.230. The summed E-state index contributed by atoms with van der Waals surface area (Å²) in [6.45, 7) is 0. The largest absolute Gasteiger partial charge is 0.505 e. The number of nitrogens with zero attached hydrogens (tertiary/aromatic N) is 2. The first-order chi connectivity index (χ1) is 10.6. The number of halogens is 2. The number of hydrogen-bond acceptors (Lipinski definition) is 3. The molecule has 1 N–H and O–H groups in total. The van der Waals surface area contributed by atoms with Crippen LogP contribution in [0.4, 0.5) is 0 Å². The molecule has 5 heteroatoms. The van der Waals surface area contributed by atoms with Gasteiger partial charge in [-0.25, -0.2) is 9.97 Å². The lowest BCUT2D eigenvalue weighted by Crippen LogP contribution is -2.08. The zero-order valence-electron chi connectivity index (χ0n) is 11.4. The van der Waals surface area contributed by atoms with Gasteiger partial charge in [0.15, 0.2) is 5.75 Å². The van der Waals surface area contributed by atoms with E-state index in [0.29, 0.717) is 15.9 Å². The van der Waals surface area contributed by atoms with E-state index >= 15 is 0 Å². The first-order valence-corrected chi connectivity index (χ1v) is 7.41. The SMILES string of the molecule is Oc1cnc(C(c2ccc(Cl)cc2)c2ccccc2Cl)nc1. The molecule has 0 aliphatic heterocycles. The quantitative estimate of drug-likeness (QED) is 0.759. The third kappa shape index (κ3) is 3.06. The molecular weight excluding hydrogens is 319 g/mol. The predicted molar refractivity (Wildman–Crippen MR) is 87.5 cm³/mol. The second-order valence-electron chi connectivity index (χ2n) is 4.81. The zero-order chi connectivity index (χ0) is 15.5. The van der Waals surface area contributed by atoms with Crippen LogP contribution in [0, 0.1) is 0 Å². The predicted octanol–water partition coefficient (Wildman–Crippen LogP) is 4.67. The average Bonchev–Trinajstić information content (AvgIpc) is 2.53. The van der Waals surface area contributed by atoms with Crippen molar-refractivity contribution in [1.82, 2.24) is 9.97 Å². The maximum atomic E-state index is 9.40. The summed E-state index contributed by atoms with van der Waals surface area (Å²) in [5.41, 5.74) is 1.88. The van der Waals surface area contributed by atoms with Crippen LogP contribution in [0.15, 0.2) is 60.9 Å². The Morgan fingerprint density at radius 2 is 1.50 bits per heavy atom. The molecule has 3 aromatic rings. The van der Waals surface area contributed by atoms with Gasteiger partial charge < -0.3 is 5.11 Å². The van der Waals surface area contributed by atoms with E-state index in [1.807, 2.05) is 48.5 Å². The molecule has 0 radical (unpaired) electrons. The van der Waals surface area contributed by atoms with Crippen LogP contribution in [-0.2, 0) is 0 Å². The second-order valence-corrected chi connectivity index (χ2v) is 5.65. The highest BCUT2D eigenvalue weighted by molar-refractivity contribution is 6.31. The molecule has 0 aliphatic carbocycles. The Labute approximate surface area is 138 Å². The van der Waals surface area contributed by atoms with Gasteiger partial charge in [-0.05, 0) is 29.3 Å². The molecule has 1 heterocycles. The summed E-state index contributed by atoms with van der Waals surface area (Å²) in [5, 5.41) is 10.7. The molecule has 0 saturated heterocycles. The van der Waals surface area contributed by atoms with Gasteiger partial charge in [-0.2, -0.15) is 0 Å². The van der Waals surface area contributed by atoms with Crippen molar-refractivity contribution in [3.05, 3.63) is 87.9 Å². The van der Waals surface area contributed by atoms with Gasteiger partial charge in [0, 0.05) is 10.0 Å². The summed E-state index contributed by atoms with van der Waals surface area (Å²) >= 11 is 12.3. The Morgan fingerprint density at radius 3 is 2.14 bits per heavy atom. The summed E-state index contributed by atoms with van der Waals surface area (Å²) in [5.74, 6) is 0.359. The molecule has 0 bridgehead atoms. The molecule has 2 aromatic carbocycles. The highest BCUT2D eigenvalue weighted by Crippen LogP contribution is 2.34. The fraction of sp³-hybridized carbons (Fsp3) is 0.0588. The van der Waals surface area contributed by atoms with E-state index in [2.05, 4.69) is 9.97 Å². The van der Waals surface area contributed by atoms with Gasteiger partial charge in [0.2, 0.25) is 0 Å². The number of hydrogen-bond donors (Lipinski definition) is 1. The van der Waals surface area contributed by atoms with Gasteiger partial charge in [0.1, 0.15) is 5.82 Å². The van der Waals surface area contributed by atoms with Gasteiger partial charge in [0.05, 0.1) is 18.3 Å². The molecule has 1 unspecified atom stereocenters. The lowest BCUT2D eigenvalue weighted by molar-refractivity contribution is 0.468. The Morgan fingerprint density at radius 1 is 0.864 bits per heavy atom. The molecule has 0 spiro atoms. The summed E-state index contributed by atoms with van der Waals surface area (Å²) in [6.07, 6.45) is 2.75. The smallest absolute Gasteiger partial charge is 0.152 e. The van der Waals surface area contributed by atoms with Crippen molar-refractivity contribution >= 4 is 23.2 Å². The van der Waals surface area contributed by atoms with E-state index in [0.717, 1.165) is 11.1 Å². The minimum Gasteiger partial charge on any atom is -0.505 e. The van der Waals surface area contributed by atoms with Crippen LogP contribution in [0.3, 0.4) is 0 Å². The number of aromatic nitrogens is 2. The van der Waals surface area contributed by atoms with Gasteiger partial charge in [0.25, 0.3) is 0 Å². The van der Waals surface area contributed by atoms with E-state index in [1.165, 1.54) is 12.4 Å². The Kier molecular flexibility index (Phi) is 4.27. The van der Waals surface area contributed by atoms with Crippen molar-refractivity contribution < 1.29 is 5.11 Å². The molecule has 22 heavy (non-hydrogen) atoms. The van der Waals surface area contributed by atoms with Crippen LogP contribution in [0.25, 0.3) is 0 Å². The first-order valence-electron chi connectivity index (χ1n) is 6.66. The highest BCUT2D eigenvalue weighted by Gasteiger charge is 2.21. The third-order valence-corrected chi connectivity index (χ3v) is 3.93. The lowest BCUT2D eigenvalue weighted by atomic mass is 9.90. The Balaban J connectivity index is 2.16. The van der Waals surface area contributed by atoms with Gasteiger partial charge >= 0.3 is 0 Å². The lowest BCUT2D eigenvalue weighted by Gasteiger charge is -2.18. The van der Waals surface area contributed by atoms with Crippen molar-refractivity contribution in [3.63, 3.8) is 0 Å². The minimum absolute atomic E-state index is 0.0257. The van der Waals surface area contributed by atoms with Crippen molar-refractivity contribution in [2.75, 3.05) is 0 Å². The standard InChI is InChI=1S/C17H12Cl2N2O/c18-12-7-5-11(6-8-12)16(14-3-1-2-4-15(14)19)17-20-9-13(22)10-21-17/h1-10,16,22H. The van der Waals surface area contributed by atoms with E-state index in [-0.39, 0.29) is 11.7 Å². The second kappa shape index (κ2) is 6.34. The molecule has 110 valence electrons. The van der Waals surface area contributed by atoms with Crippen molar-refractivity contribution in [1.29, 1.82) is 0 Å². The van der Waals surface area contributed by atoms with Gasteiger partial charge in [-0.15, -0.1) is 0 Å². The summed E-state index contributed by atoms with van der Waals surface area (Å²) in [7, 11) is 0. The molecule has 0 saturated carbocycles. The van der Waals surface area contributed by atoms with Crippen LogP contribution < -0.4 is 0 Å². The number of rotatable bonds is 3. The Hall–Kier alpha value is -2.10. The Bertz CT molecular complexity index is 728. The summed E-state index contributed by atoms with van der Waals surface area (Å²) in [6, 6.07) is 15.1. The molecule has 0 fully saturated rings. The molecular formula is C17H12Cl2N2O. The topological polar surface area (TPSA) is 46.0 Å². The monoisotopic (exact) mass is 330 g/mol. The number of aromatic hydroxyl groups is 1. The molecule has 1 atom stereocenters. The normalized spacial score (nSPS) is 12.1. The molecule has 0 amide bonds. The highest BCUT2D eigenvalue weighted by atomic mass is 35.5. The number of benzene rings is 2. The molecule has 0 aliphatic rings. The van der Waals surface area contributed by atoms with Crippen molar-refractivity contribution in [3.8, 4) is 5.75 Å². The molecule has 3 rings (SSSR count).